The van der Waals surface area contributed by atoms with Crippen molar-refractivity contribution in [3.05, 3.63) is 83.9 Å². The van der Waals surface area contributed by atoms with Gasteiger partial charge in [-0.05, 0) is 56.9 Å². The lowest BCUT2D eigenvalue weighted by Crippen LogP contribution is -1.91. The largest absolute Gasteiger partial charge is 0.508 e. The quantitative estimate of drug-likeness (QED) is 0.547. The highest BCUT2D eigenvalue weighted by Gasteiger charge is 2.09. The van der Waals surface area contributed by atoms with Gasteiger partial charge in [0.1, 0.15) is 11.5 Å². The molecule has 0 atom stereocenters. The van der Waals surface area contributed by atoms with Gasteiger partial charge < -0.3 is 10.2 Å². The van der Waals surface area contributed by atoms with Crippen molar-refractivity contribution in [1.82, 2.24) is 0 Å². The van der Waals surface area contributed by atoms with Gasteiger partial charge in [-0.25, -0.2) is 0 Å². The van der Waals surface area contributed by atoms with Crippen molar-refractivity contribution in [2.24, 2.45) is 0 Å². The zero-order chi connectivity index (χ0) is 15.8. The van der Waals surface area contributed by atoms with Crippen molar-refractivity contribution in [2.45, 2.75) is 6.42 Å². The first-order valence-corrected chi connectivity index (χ1v) is 7.62. The second-order valence-corrected chi connectivity index (χ2v) is 5.83. The van der Waals surface area contributed by atoms with E-state index in [4.69, 9.17) is 0 Å². The molecule has 2 heteroatoms. The predicted octanol–water partition coefficient (Wildman–Crippen LogP) is 5.00. The van der Waals surface area contributed by atoms with Crippen LogP contribution in [0.25, 0.3) is 21.5 Å². The molecular formula is C21H16O2. The fourth-order valence-electron chi connectivity index (χ4n) is 3.04. The SMILES string of the molecule is Oc1cc2ccccc2cc1Cc1cc2ccccc2cc1O. The van der Waals surface area contributed by atoms with Crippen LogP contribution >= 0.6 is 0 Å². The van der Waals surface area contributed by atoms with E-state index in [9.17, 15) is 10.2 Å². The smallest absolute Gasteiger partial charge is 0.119 e. The second kappa shape index (κ2) is 5.33. The van der Waals surface area contributed by atoms with Crippen LogP contribution in [0.4, 0.5) is 0 Å². The Morgan fingerprint density at radius 3 is 1.26 bits per heavy atom. The summed E-state index contributed by atoms with van der Waals surface area (Å²) in [7, 11) is 0. The molecule has 0 aliphatic rings. The number of hydrogen-bond donors (Lipinski definition) is 2. The van der Waals surface area contributed by atoms with Crippen LogP contribution in [0.15, 0.2) is 72.8 Å². The first-order chi connectivity index (χ1) is 11.2. The molecule has 0 heterocycles. The summed E-state index contributed by atoms with van der Waals surface area (Å²) < 4.78 is 0. The van der Waals surface area contributed by atoms with Gasteiger partial charge in [0.05, 0.1) is 0 Å². The molecule has 23 heavy (non-hydrogen) atoms. The lowest BCUT2D eigenvalue weighted by Gasteiger charge is -2.10. The zero-order valence-electron chi connectivity index (χ0n) is 12.5. The maximum Gasteiger partial charge on any atom is 0.119 e. The fourth-order valence-corrected chi connectivity index (χ4v) is 3.04. The zero-order valence-corrected chi connectivity index (χ0v) is 12.5. The highest BCUT2D eigenvalue weighted by atomic mass is 16.3. The molecule has 4 aromatic rings. The number of phenols is 2. The number of benzene rings is 4. The molecule has 0 bridgehead atoms. The standard InChI is InChI=1S/C21H16O2/c22-20-12-16-7-3-1-5-14(16)9-18(20)11-19-10-15-6-2-4-8-17(15)13-21(19)23/h1-10,12-13,22-23H,11H2. The second-order valence-electron chi connectivity index (χ2n) is 5.83. The summed E-state index contributed by atoms with van der Waals surface area (Å²) in [5.74, 6) is 0.521. The first kappa shape index (κ1) is 13.6. The Balaban J connectivity index is 1.81. The molecule has 0 saturated carbocycles. The monoisotopic (exact) mass is 300 g/mol. The Kier molecular flexibility index (Phi) is 3.16. The number of hydrogen-bond acceptors (Lipinski definition) is 2. The van der Waals surface area contributed by atoms with E-state index in [-0.39, 0.29) is 11.5 Å². The van der Waals surface area contributed by atoms with Gasteiger partial charge in [-0.2, -0.15) is 0 Å². The van der Waals surface area contributed by atoms with E-state index in [0.717, 1.165) is 32.7 Å². The van der Waals surface area contributed by atoms with Crippen molar-refractivity contribution >= 4 is 21.5 Å². The minimum atomic E-state index is 0.260. The Morgan fingerprint density at radius 2 is 0.870 bits per heavy atom. The van der Waals surface area contributed by atoms with Crippen molar-refractivity contribution < 1.29 is 10.2 Å². The molecule has 4 rings (SSSR count). The van der Waals surface area contributed by atoms with E-state index in [2.05, 4.69) is 0 Å². The van der Waals surface area contributed by atoms with E-state index in [1.165, 1.54) is 0 Å². The molecule has 0 aromatic heterocycles. The van der Waals surface area contributed by atoms with Crippen molar-refractivity contribution in [1.29, 1.82) is 0 Å². The summed E-state index contributed by atoms with van der Waals surface area (Å²) in [6.07, 6.45) is 0.493. The summed E-state index contributed by atoms with van der Waals surface area (Å²) in [5.41, 5.74) is 1.63. The van der Waals surface area contributed by atoms with Crippen LogP contribution in [0.1, 0.15) is 11.1 Å². The van der Waals surface area contributed by atoms with Crippen LogP contribution in [0.5, 0.6) is 11.5 Å². The molecule has 0 radical (unpaired) electrons. The molecular weight excluding hydrogens is 284 g/mol. The van der Waals surface area contributed by atoms with Crippen molar-refractivity contribution in [3.8, 4) is 11.5 Å². The molecule has 0 fully saturated rings. The number of fused-ring (bicyclic) bond motifs is 2. The number of aromatic hydroxyl groups is 2. The van der Waals surface area contributed by atoms with Gasteiger partial charge >= 0.3 is 0 Å². The molecule has 0 spiro atoms. The van der Waals surface area contributed by atoms with Crippen LogP contribution in [0, 0.1) is 0 Å². The molecule has 112 valence electrons. The third kappa shape index (κ3) is 2.49. The molecule has 0 unspecified atom stereocenters. The molecule has 4 aromatic carbocycles. The summed E-state index contributed by atoms with van der Waals surface area (Å²) in [4.78, 5) is 0. The molecule has 2 N–H and O–H groups in total. The van der Waals surface area contributed by atoms with Gasteiger partial charge in [0.2, 0.25) is 0 Å². The lowest BCUT2D eigenvalue weighted by atomic mass is 9.97. The minimum Gasteiger partial charge on any atom is -0.508 e. The minimum absolute atomic E-state index is 0.260. The summed E-state index contributed by atoms with van der Waals surface area (Å²) >= 11 is 0. The van der Waals surface area contributed by atoms with Gasteiger partial charge in [0.25, 0.3) is 0 Å². The maximum absolute atomic E-state index is 10.3. The third-order valence-corrected chi connectivity index (χ3v) is 4.27. The molecule has 2 nitrogen and oxygen atoms in total. The predicted molar refractivity (Wildman–Crippen MR) is 94.0 cm³/mol. The van der Waals surface area contributed by atoms with E-state index in [1.807, 2.05) is 60.7 Å². The van der Waals surface area contributed by atoms with E-state index >= 15 is 0 Å². The highest BCUT2D eigenvalue weighted by Crippen LogP contribution is 2.31. The van der Waals surface area contributed by atoms with Crippen LogP contribution in [-0.4, -0.2) is 10.2 Å². The van der Waals surface area contributed by atoms with Gasteiger partial charge in [-0.15, -0.1) is 0 Å². The molecule has 0 saturated heterocycles. The number of phenolic OH excluding ortho intramolecular Hbond substituents is 2. The van der Waals surface area contributed by atoms with Gasteiger partial charge in [-0.1, -0.05) is 48.5 Å². The molecule has 0 amide bonds. The summed E-state index contributed by atoms with van der Waals surface area (Å²) in [5, 5.41) is 24.8. The van der Waals surface area contributed by atoms with Crippen LogP contribution in [0.2, 0.25) is 0 Å². The average Bonchev–Trinajstić information content (AvgIpc) is 2.56. The average molecular weight is 300 g/mol. The fraction of sp³-hybridized carbons (Fsp3) is 0.0476. The Hall–Kier alpha value is -3.00. The van der Waals surface area contributed by atoms with Crippen molar-refractivity contribution in [3.63, 3.8) is 0 Å². The highest BCUT2D eigenvalue weighted by molar-refractivity contribution is 5.86. The molecule has 0 aliphatic carbocycles. The third-order valence-electron chi connectivity index (χ3n) is 4.27. The topological polar surface area (TPSA) is 40.5 Å². The summed E-state index contributed by atoms with van der Waals surface area (Å²) in [6.45, 7) is 0. The van der Waals surface area contributed by atoms with Crippen LogP contribution < -0.4 is 0 Å². The lowest BCUT2D eigenvalue weighted by molar-refractivity contribution is 0.464. The Labute approximate surface area is 134 Å². The van der Waals surface area contributed by atoms with Gasteiger partial charge in [0, 0.05) is 6.42 Å². The van der Waals surface area contributed by atoms with E-state index in [1.54, 1.807) is 12.1 Å². The van der Waals surface area contributed by atoms with E-state index in [0.29, 0.717) is 6.42 Å². The maximum atomic E-state index is 10.3. The normalized spacial score (nSPS) is 11.1. The first-order valence-electron chi connectivity index (χ1n) is 7.62. The van der Waals surface area contributed by atoms with Crippen LogP contribution in [-0.2, 0) is 6.42 Å². The summed E-state index contributed by atoms with van der Waals surface area (Å²) in [6, 6.07) is 23.4. The van der Waals surface area contributed by atoms with Gasteiger partial charge in [-0.3, -0.25) is 0 Å². The van der Waals surface area contributed by atoms with Gasteiger partial charge in [0.15, 0.2) is 0 Å². The van der Waals surface area contributed by atoms with E-state index < -0.39 is 0 Å². The Morgan fingerprint density at radius 1 is 0.522 bits per heavy atom. The Bertz CT molecular complexity index is 935. The number of rotatable bonds is 2. The molecule has 0 aliphatic heterocycles. The van der Waals surface area contributed by atoms with Crippen molar-refractivity contribution in [2.75, 3.05) is 0 Å². The van der Waals surface area contributed by atoms with Crippen LogP contribution in [0.3, 0.4) is 0 Å².